The average molecular weight is 234 g/mol. The molecule has 0 saturated carbocycles. The molecular formula is C12H14N2O3. The van der Waals surface area contributed by atoms with Gasteiger partial charge in [0.15, 0.2) is 0 Å². The van der Waals surface area contributed by atoms with E-state index >= 15 is 0 Å². The maximum atomic E-state index is 11.7. The van der Waals surface area contributed by atoms with Crippen molar-refractivity contribution in [1.82, 2.24) is 9.88 Å². The summed E-state index contributed by atoms with van der Waals surface area (Å²) < 4.78 is 0. The van der Waals surface area contributed by atoms with E-state index in [1.807, 2.05) is 18.2 Å². The Morgan fingerprint density at radius 2 is 2.35 bits per heavy atom. The molecular weight excluding hydrogens is 220 g/mol. The Morgan fingerprint density at radius 1 is 1.53 bits per heavy atom. The van der Waals surface area contributed by atoms with E-state index in [9.17, 15) is 9.59 Å². The lowest BCUT2D eigenvalue weighted by Crippen LogP contribution is -2.42. The third-order valence-corrected chi connectivity index (χ3v) is 2.93. The zero-order valence-corrected chi connectivity index (χ0v) is 9.37. The molecule has 2 heterocycles. The van der Waals surface area contributed by atoms with Gasteiger partial charge in [-0.05, 0) is 18.6 Å². The van der Waals surface area contributed by atoms with Gasteiger partial charge in [0.25, 0.3) is 0 Å². The molecule has 0 unspecified atom stereocenters. The van der Waals surface area contributed by atoms with Gasteiger partial charge in [-0.2, -0.15) is 0 Å². The SMILES string of the molecule is O=C(O)[C@H]1CCC(=O)N(Cc2ccccn2)C1. The number of pyridine rings is 1. The summed E-state index contributed by atoms with van der Waals surface area (Å²) in [6.45, 7) is 0.675. The predicted octanol–water partition coefficient (Wildman–Crippen LogP) is 0.905. The van der Waals surface area contributed by atoms with Crippen molar-refractivity contribution in [3.8, 4) is 0 Å². The van der Waals surface area contributed by atoms with Gasteiger partial charge < -0.3 is 10.0 Å². The zero-order chi connectivity index (χ0) is 12.3. The number of carbonyl (C=O) groups excluding carboxylic acids is 1. The number of likely N-dealkylation sites (tertiary alicyclic amines) is 1. The van der Waals surface area contributed by atoms with Gasteiger partial charge >= 0.3 is 5.97 Å². The van der Waals surface area contributed by atoms with Gasteiger partial charge in [0.2, 0.25) is 5.91 Å². The summed E-state index contributed by atoms with van der Waals surface area (Å²) in [6, 6.07) is 5.49. The van der Waals surface area contributed by atoms with Gasteiger partial charge in [-0.15, -0.1) is 0 Å². The summed E-state index contributed by atoms with van der Waals surface area (Å²) in [6.07, 6.45) is 2.41. The number of hydrogen-bond donors (Lipinski definition) is 1. The molecule has 1 aromatic heterocycles. The second-order valence-electron chi connectivity index (χ2n) is 4.17. The van der Waals surface area contributed by atoms with E-state index in [-0.39, 0.29) is 12.5 Å². The van der Waals surface area contributed by atoms with Gasteiger partial charge in [-0.3, -0.25) is 14.6 Å². The Labute approximate surface area is 99.1 Å². The van der Waals surface area contributed by atoms with E-state index in [2.05, 4.69) is 4.98 Å². The van der Waals surface area contributed by atoms with E-state index < -0.39 is 11.9 Å². The number of aliphatic carboxylic acids is 1. The number of amides is 1. The molecule has 90 valence electrons. The average Bonchev–Trinajstić information content (AvgIpc) is 2.33. The Bertz CT molecular complexity index is 419. The molecule has 1 amide bonds. The number of aromatic nitrogens is 1. The molecule has 5 heteroatoms. The second kappa shape index (κ2) is 4.95. The monoisotopic (exact) mass is 234 g/mol. The number of nitrogens with zero attached hydrogens (tertiary/aromatic N) is 2. The first-order valence-electron chi connectivity index (χ1n) is 5.57. The van der Waals surface area contributed by atoms with Crippen LogP contribution >= 0.6 is 0 Å². The third-order valence-electron chi connectivity index (χ3n) is 2.93. The number of rotatable bonds is 3. The minimum Gasteiger partial charge on any atom is -0.481 e. The van der Waals surface area contributed by atoms with Crippen molar-refractivity contribution < 1.29 is 14.7 Å². The van der Waals surface area contributed by atoms with E-state index in [0.29, 0.717) is 19.4 Å². The van der Waals surface area contributed by atoms with E-state index in [1.54, 1.807) is 11.1 Å². The van der Waals surface area contributed by atoms with Crippen molar-refractivity contribution in [2.45, 2.75) is 19.4 Å². The van der Waals surface area contributed by atoms with Gasteiger partial charge in [0.1, 0.15) is 0 Å². The molecule has 0 aromatic carbocycles. The van der Waals surface area contributed by atoms with Gasteiger partial charge in [-0.25, -0.2) is 0 Å². The first-order chi connectivity index (χ1) is 8.16. The summed E-state index contributed by atoms with van der Waals surface area (Å²) in [4.78, 5) is 28.3. The van der Waals surface area contributed by atoms with Crippen LogP contribution < -0.4 is 0 Å². The van der Waals surface area contributed by atoms with Crippen LogP contribution in [0.3, 0.4) is 0 Å². The molecule has 1 atom stereocenters. The Balaban J connectivity index is 2.04. The summed E-state index contributed by atoms with van der Waals surface area (Å²) in [5, 5.41) is 8.95. The lowest BCUT2D eigenvalue weighted by molar-refractivity contribution is -0.147. The Hall–Kier alpha value is -1.91. The number of carboxylic acids is 1. The summed E-state index contributed by atoms with van der Waals surface area (Å²) >= 11 is 0. The fourth-order valence-electron chi connectivity index (χ4n) is 1.96. The van der Waals surface area contributed by atoms with Gasteiger partial charge in [-0.1, -0.05) is 6.07 Å². The van der Waals surface area contributed by atoms with Crippen LogP contribution in [0.4, 0.5) is 0 Å². The largest absolute Gasteiger partial charge is 0.481 e. The highest BCUT2D eigenvalue weighted by atomic mass is 16.4. The highest BCUT2D eigenvalue weighted by molar-refractivity contribution is 5.80. The van der Waals surface area contributed by atoms with E-state index in [4.69, 9.17) is 5.11 Å². The molecule has 17 heavy (non-hydrogen) atoms. The van der Waals surface area contributed by atoms with Crippen LogP contribution in [0.25, 0.3) is 0 Å². The minimum atomic E-state index is -0.830. The smallest absolute Gasteiger partial charge is 0.308 e. The maximum Gasteiger partial charge on any atom is 0.308 e. The fourth-order valence-corrected chi connectivity index (χ4v) is 1.96. The van der Waals surface area contributed by atoms with Gasteiger partial charge in [0.05, 0.1) is 18.2 Å². The van der Waals surface area contributed by atoms with E-state index in [1.165, 1.54) is 0 Å². The molecule has 5 nitrogen and oxygen atoms in total. The number of hydrogen-bond acceptors (Lipinski definition) is 3. The van der Waals surface area contributed by atoms with E-state index in [0.717, 1.165) is 5.69 Å². The highest BCUT2D eigenvalue weighted by Gasteiger charge is 2.29. The van der Waals surface area contributed by atoms with Crippen molar-refractivity contribution in [2.75, 3.05) is 6.54 Å². The van der Waals surface area contributed by atoms with Crippen LogP contribution in [0.5, 0.6) is 0 Å². The normalized spacial score (nSPS) is 20.4. The zero-order valence-electron chi connectivity index (χ0n) is 9.37. The molecule has 0 aliphatic carbocycles. The molecule has 0 radical (unpaired) electrons. The lowest BCUT2D eigenvalue weighted by Gasteiger charge is -2.30. The van der Waals surface area contributed by atoms with Crippen LogP contribution in [0, 0.1) is 5.92 Å². The van der Waals surface area contributed by atoms with Crippen LogP contribution in [0.1, 0.15) is 18.5 Å². The topological polar surface area (TPSA) is 70.5 Å². The molecule has 1 aliphatic rings. The Morgan fingerprint density at radius 3 is 3.00 bits per heavy atom. The molecule has 0 bridgehead atoms. The lowest BCUT2D eigenvalue weighted by atomic mass is 9.97. The Kier molecular flexibility index (Phi) is 3.37. The molecule has 1 saturated heterocycles. The summed E-state index contributed by atoms with van der Waals surface area (Å²) in [5.41, 5.74) is 0.784. The van der Waals surface area contributed by atoms with Crippen molar-refractivity contribution in [3.63, 3.8) is 0 Å². The number of carboxylic acid groups (broad SMARTS) is 1. The first-order valence-corrected chi connectivity index (χ1v) is 5.57. The quantitative estimate of drug-likeness (QED) is 0.843. The van der Waals surface area contributed by atoms with Crippen molar-refractivity contribution in [3.05, 3.63) is 30.1 Å². The maximum absolute atomic E-state index is 11.7. The van der Waals surface area contributed by atoms with Gasteiger partial charge in [0, 0.05) is 19.2 Å². The second-order valence-corrected chi connectivity index (χ2v) is 4.17. The van der Waals surface area contributed by atoms with Crippen LogP contribution in [0.15, 0.2) is 24.4 Å². The van der Waals surface area contributed by atoms with Crippen LogP contribution in [-0.4, -0.2) is 33.4 Å². The van der Waals surface area contributed by atoms with Crippen LogP contribution in [-0.2, 0) is 16.1 Å². The number of piperidine rings is 1. The molecule has 1 aromatic rings. The molecule has 1 fully saturated rings. The van der Waals surface area contributed by atoms with Crippen LogP contribution in [0.2, 0.25) is 0 Å². The standard InChI is InChI=1S/C12H14N2O3/c15-11-5-4-9(12(16)17)7-14(11)8-10-3-1-2-6-13-10/h1-3,6,9H,4-5,7-8H2,(H,16,17)/t9-/m0/s1. The fraction of sp³-hybridized carbons (Fsp3) is 0.417. The summed E-state index contributed by atoms with van der Waals surface area (Å²) in [5.74, 6) is -1.27. The molecule has 1 N–H and O–H groups in total. The molecule has 2 rings (SSSR count). The molecule has 1 aliphatic heterocycles. The highest BCUT2D eigenvalue weighted by Crippen LogP contribution is 2.19. The van der Waals surface area contributed by atoms with Crippen molar-refractivity contribution in [2.24, 2.45) is 5.92 Å². The third kappa shape index (κ3) is 2.81. The van der Waals surface area contributed by atoms with Crippen molar-refractivity contribution in [1.29, 1.82) is 0 Å². The number of carbonyl (C=O) groups is 2. The first kappa shape index (κ1) is 11.6. The minimum absolute atomic E-state index is 0.00755. The van der Waals surface area contributed by atoms with Crippen molar-refractivity contribution >= 4 is 11.9 Å². The predicted molar refractivity (Wildman–Crippen MR) is 60.0 cm³/mol. The molecule has 0 spiro atoms. The summed E-state index contributed by atoms with van der Waals surface area (Å²) in [7, 11) is 0.